The number of fused-ring (bicyclic) bond motifs is 13. The second-order valence-corrected chi connectivity index (χ2v) is 18.4. The molecule has 0 fully saturated rings. The molecule has 14 rings (SSSR count). The van der Waals surface area contributed by atoms with Gasteiger partial charge in [0.1, 0.15) is 11.2 Å². The summed E-state index contributed by atoms with van der Waals surface area (Å²) < 4.78 is 6.80. The minimum Gasteiger partial charge on any atom is -0.455 e. The fraction of sp³-hybridized carbons (Fsp3) is 0.0149. The largest absolute Gasteiger partial charge is 0.455 e. The topological polar surface area (TPSA) is 16.4 Å². The summed E-state index contributed by atoms with van der Waals surface area (Å²) in [6.45, 7) is 0. The van der Waals surface area contributed by atoms with Crippen LogP contribution in [0.3, 0.4) is 0 Å². The first kappa shape index (κ1) is 39.2. The van der Waals surface area contributed by atoms with Crippen LogP contribution in [0.2, 0.25) is 0 Å². The number of hydrogen-bond donors (Lipinski definition) is 0. The second kappa shape index (κ2) is 15.6. The molecule has 0 unspecified atom stereocenters. The monoisotopic (exact) mass is 877 g/mol. The van der Waals surface area contributed by atoms with Crippen molar-refractivity contribution in [1.29, 1.82) is 0 Å². The van der Waals surface area contributed by atoms with Gasteiger partial charge >= 0.3 is 0 Å². The number of nitrogens with zero attached hydrogens (tertiary/aromatic N) is 1. The van der Waals surface area contributed by atoms with Crippen LogP contribution in [0, 0.1) is 0 Å². The van der Waals surface area contributed by atoms with Crippen LogP contribution in [0.15, 0.2) is 265 Å². The van der Waals surface area contributed by atoms with Crippen LogP contribution in [-0.2, 0) is 5.41 Å². The van der Waals surface area contributed by atoms with Crippen LogP contribution in [0.4, 0.5) is 17.1 Å². The number of hydrogen-bond acceptors (Lipinski definition) is 2. The van der Waals surface area contributed by atoms with E-state index in [1.165, 1.54) is 72.3 Å². The van der Waals surface area contributed by atoms with Crippen molar-refractivity contribution in [3.05, 3.63) is 283 Å². The van der Waals surface area contributed by atoms with Gasteiger partial charge in [-0.1, -0.05) is 200 Å². The molecule has 2 aliphatic carbocycles. The summed E-state index contributed by atoms with van der Waals surface area (Å²) in [5.41, 5.74) is 24.4. The number of para-hydroxylation sites is 1. The molecule has 1 spiro atoms. The van der Waals surface area contributed by atoms with Crippen LogP contribution in [0.25, 0.3) is 88.7 Å². The average Bonchev–Trinajstić information content (AvgIpc) is 4.06. The molecule has 322 valence electrons. The third kappa shape index (κ3) is 6.06. The van der Waals surface area contributed by atoms with Crippen LogP contribution in [0.1, 0.15) is 22.3 Å². The van der Waals surface area contributed by atoms with Crippen molar-refractivity contribution >= 4 is 39.0 Å². The zero-order chi connectivity index (χ0) is 45.5. The summed E-state index contributed by atoms with van der Waals surface area (Å²) in [6, 6.07) is 95.3. The summed E-state index contributed by atoms with van der Waals surface area (Å²) in [7, 11) is 0. The predicted octanol–water partition coefficient (Wildman–Crippen LogP) is 18.1. The van der Waals surface area contributed by atoms with E-state index in [-0.39, 0.29) is 0 Å². The summed E-state index contributed by atoms with van der Waals surface area (Å²) in [5.74, 6) is 0. The molecule has 12 aromatic rings. The normalized spacial score (nSPS) is 12.8. The molecule has 0 saturated heterocycles. The van der Waals surface area contributed by atoms with E-state index in [0.29, 0.717) is 0 Å². The van der Waals surface area contributed by atoms with Crippen molar-refractivity contribution in [2.45, 2.75) is 5.41 Å². The van der Waals surface area contributed by atoms with Gasteiger partial charge in [0.2, 0.25) is 0 Å². The first-order valence-electron chi connectivity index (χ1n) is 23.8. The van der Waals surface area contributed by atoms with Gasteiger partial charge in [0.15, 0.2) is 0 Å². The highest BCUT2D eigenvalue weighted by atomic mass is 16.3. The molecular weight excluding hydrogens is 835 g/mol. The fourth-order valence-electron chi connectivity index (χ4n) is 11.6. The highest BCUT2D eigenvalue weighted by molar-refractivity contribution is 6.11. The molecule has 0 aliphatic heterocycles. The lowest BCUT2D eigenvalue weighted by atomic mass is 9.70. The predicted molar refractivity (Wildman–Crippen MR) is 286 cm³/mol. The minimum atomic E-state index is -0.421. The summed E-state index contributed by atoms with van der Waals surface area (Å²) >= 11 is 0. The summed E-state index contributed by atoms with van der Waals surface area (Å²) in [5, 5.41) is 2.22. The van der Waals surface area contributed by atoms with E-state index in [9.17, 15) is 0 Å². The maximum atomic E-state index is 6.80. The quantitative estimate of drug-likeness (QED) is 0.159. The van der Waals surface area contributed by atoms with Gasteiger partial charge in [-0.15, -0.1) is 0 Å². The van der Waals surface area contributed by atoms with Crippen molar-refractivity contribution < 1.29 is 4.42 Å². The average molecular weight is 878 g/mol. The minimum absolute atomic E-state index is 0.421. The lowest BCUT2D eigenvalue weighted by Gasteiger charge is -2.30. The molecule has 2 heteroatoms. The molecule has 0 saturated carbocycles. The van der Waals surface area contributed by atoms with Crippen LogP contribution >= 0.6 is 0 Å². The van der Waals surface area contributed by atoms with Gasteiger partial charge < -0.3 is 9.32 Å². The van der Waals surface area contributed by atoms with Crippen molar-refractivity contribution in [1.82, 2.24) is 0 Å². The smallest absolute Gasteiger partial charge is 0.143 e. The molecule has 2 nitrogen and oxygen atoms in total. The van der Waals surface area contributed by atoms with E-state index < -0.39 is 5.41 Å². The Kier molecular flexibility index (Phi) is 8.84. The molecule has 2 aliphatic rings. The number of rotatable bonds is 7. The Labute approximate surface area is 401 Å². The third-order valence-corrected chi connectivity index (χ3v) is 14.7. The maximum Gasteiger partial charge on any atom is 0.143 e. The zero-order valence-corrected chi connectivity index (χ0v) is 37.7. The SMILES string of the molecule is c1ccc(-c2ccc(N(c3ccc(-c4ccccc4)cc3)c3ccc(-c4cc(-c5ccc6c(c5)C5(c7ccccc7-c7ccccc75)c5ccccc5-6)cc5c4oc4ccccc45)cc3)cc2)cc1. The van der Waals surface area contributed by atoms with E-state index in [2.05, 4.69) is 266 Å². The Balaban J connectivity index is 0.911. The first-order valence-corrected chi connectivity index (χ1v) is 23.8. The van der Waals surface area contributed by atoms with E-state index in [1.807, 2.05) is 0 Å². The van der Waals surface area contributed by atoms with Gasteiger partial charge in [-0.2, -0.15) is 0 Å². The summed E-state index contributed by atoms with van der Waals surface area (Å²) in [6.07, 6.45) is 0. The lowest BCUT2D eigenvalue weighted by Crippen LogP contribution is -2.25. The van der Waals surface area contributed by atoms with Gasteiger partial charge in [-0.05, 0) is 144 Å². The van der Waals surface area contributed by atoms with Gasteiger partial charge in [-0.25, -0.2) is 0 Å². The number of benzene rings is 11. The van der Waals surface area contributed by atoms with Gasteiger partial charge in [0.25, 0.3) is 0 Å². The Hall–Kier alpha value is -8.98. The molecule has 0 bridgehead atoms. The first-order chi connectivity index (χ1) is 34.2. The van der Waals surface area contributed by atoms with Gasteiger partial charge in [-0.3, -0.25) is 0 Å². The van der Waals surface area contributed by atoms with Crippen LogP contribution in [-0.4, -0.2) is 0 Å². The van der Waals surface area contributed by atoms with Crippen molar-refractivity contribution in [3.63, 3.8) is 0 Å². The zero-order valence-electron chi connectivity index (χ0n) is 37.7. The number of anilines is 3. The molecule has 0 atom stereocenters. The number of furan rings is 1. The molecule has 0 amide bonds. The third-order valence-electron chi connectivity index (χ3n) is 14.7. The Morgan fingerprint density at radius 1 is 0.261 bits per heavy atom. The Bertz CT molecular complexity index is 3780. The standard InChI is InChI=1S/C67H43NO/c1-3-15-44(16-4-1)46-27-34-51(35-28-46)68(52-36-29-47(30-37-52)45-17-5-2-6-18-45)53-38-31-48(32-39-53)59-41-50(42-60-58-22-10-14-26-65(58)69-66(59)60)49-33-40-57-56-21-9-13-25-63(56)67(64(57)43-49)61-23-11-7-19-54(61)55-20-8-12-24-62(55)67/h1-43H. The lowest BCUT2D eigenvalue weighted by molar-refractivity contribution is 0.670. The van der Waals surface area contributed by atoms with Crippen molar-refractivity contribution in [2.75, 3.05) is 4.90 Å². The van der Waals surface area contributed by atoms with E-state index in [1.54, 1.807) is 0 Å². The Morgan fingerprint density at radius 3 is 1.22 bits per heavy atom. The molecule has 1 heterocycles. The molecule has 11 aromatic carbocycles. The van der Waals surface area contributed by atoms with E-state index in [4.69, 9.17) is 4.42 Å². The molecule has 69 heavy (non-hydrogen) atoms. The second-order valence-electron chi connectivity index (χ2n) is 18.4. The molecule has 1 aromatic heterocycles. The molecule has 0 radical (unpaired) electrons. The highest BCUT2D eigenvalue weighted by Gasteiger charge is 2.51. The maximum absolute atomic E-state index is 6.80. The van der Waals surface area contributed by atoms with E-state index >= 15 is 0 Å². The van der Waals surface area contributed by atoms with Crippen molar-refractivity contribution in [2.24, 2.45) is 0 Å². The highest BCUT2D eigenvalue weighted by Crippen LogP contribution is 2.63. The molecular formula is C67H43NO. The van der Waals surface area contributed by atoms with E-state index in [0.717, 1.165) is 55.7 Å². The van der Waals surface area contributed by atoms with Gasteiger partial charge in [0, 0.05) is 33.4 Å². The van der Waals surface area contributed by atoms with Crippen LogP contribution in [0.5, 0.6) is 0 Å². The molecule has 0 N–H and O–H groups in total. The van der Waals surface area contributed by atoms with Crippen LogP contribution < -0.4 is 4.90 Å². The summed E-state index contributed by atoms with van der Waals surface area (Å²) in [4.78, 5) is 2.35. The fourth-order valence-corrected chi connectivity index (χ4v) is 11.6. The Morgan fingerprint density at radius 2 is 0.681 bits per heavy atom. The van der Waals surface area contributed by atoms with Gasteiger partial charge in [0.05, 0.1) is 5.41 Å². The van der Waals surface area contributed by atoms with Crippen molar-refractivity contribution in [3.8, 4) is 66.8 Å².